The van der Waals surface area contributed by atoms with Crippen LogP contribution in [0.3, 0.4) is 0 Å². The molecule has 2 aromatic rings. The molecule has 0 unspecified atom stereocenters. The summed E-state index contributed by atoms with van der Waals surface area (Å²) in [7, 11) is 0. The smallest absolute Gasteiger partial charge is 0.137 e. The molecule has 2 heterocycles. The first-order chi connectivity index (χ1) is 10.6. The summed E-state index contributed by atoms with van der Waals surface area (Å²) in [5.41, 5.74) is 3.33. The molecule has 22 heavy (non-hydrogen) atoms. The van der Waals surface area contributed by atoms with Crippen molar-refractivity contribution in [3.63, 3.8) is 0 Å². The first kappa shape index (κ1) is 14.8. The molecule has 2 aliphatic heterocycles. The molecule has 0 bridgehead atoms. The highest BCUT2D eigenvalue weighted by Gasteiger charge is 2.37. The van der Waals surface area contributed by atoms with Crippen LogP contribution >= 0.6 is 39.1 Å². The van der Waals surface area contributed by atoms with Crippen LogP contribution in [0.5, 0.6) is 5.75 Å². The van der Waals surface area contributed by atoms with Crippen molar-refractivity contribution in [2.45, 2.75) is 18.4 Å². The fourth-order valence-corrected chi connectivity index (χ4v) is 4.42. The number of fused-ring (bicyclic) bond motifs is 3. The van der Waals surface area contributed by atoms with Crippen molar-refractivity contribution >= 4 is 39.1 Å². The summed E-state index contributed by atoms with van der Waals surface area (Å²) in [5.74, 6) is 1.39. The molecule has 2 atom stereocenters. The highest BCUT2D eigenvalue weighted by atomic mass is 79.9. The fraction of sp³-hybridized carbons (Fsp3) is 0.294. The number of hydrogen-bond donors (Lipinski definition) is 1. The van der Waals surface area contributed by atoms with Crippen LogP contribution in [0.25, 0.3) is 11.1 Å². The molecule has 2 nitrogen and oxygen atoms in total. The van der Waals surface area contributed by atoms with Crippen molar-refractivity contribution in [2.75, 3.05) is 13.1 Å². The van der Waals surface area contributed by atoms with Gasteiger partial charge in [0.15, 0.2) is 0 Å². The minimum absolute atomic E-state index is 0.281. The summed E-state index contributed by atoms with van der Waals surface area (Å²) in [4.78, 5) is 0. The Labute approximate surface area is 147 Å². The average molecular weight is 399 g/mol. The number of halogens is 3. The van der Waals surface area contributed by atoms with Crippen LogP contribution in [0.4, 0.5) is 0 Å². The van der Waals surface area contributed by atoms with E-state index in [1.54, 1.807) is 6.07 Å². The van der Waals surface area contributed by atoms with Crippen LogP contribution in [0.2, 0.25) is 10.0 Å². The van der Waals surface area contributed by atoms with Gasteiger partial charge >= 0.3 is 0 Å². The molecule has 0 aliphatic carbocycles. The van der Waals surface area contributed by atoms with Crippen LogP contribution in [0.1, 0.15) is 17.9 Å². The number of benzene rings is 2. The molecule has 114 valence electrons. The van der Waals surface area contributed by atoms with E-state index in [0.29, 0.717) is 16.0 Å². The molecular weight excluding hydrogens is 385 g/mol. The predicted molar refractivity (Wildman–Crippen MR) is 94.2 cm³/mol. The Morgan fingerprint density at radius 1 is 1.18 bits per heavy atom. The minimum Gasteiger partial charge on any atom is -0.488 e. The lowest BCUT2D eigenvalue weighted by Crippen LogP contribution is -2.37. The number of nitrogens with one attached hydrogen (secondary N) is 1. The molecule has 5 heteroatoms. The maximum Gasteiger partial charge on any atom is 0.137 e. The SMILES string of the molecule is Clc1ccc(-c2cc(Br)c3c(c2)[C@H]2CNCC[C@H]2O3)c(Cl)c1. The Kier molecular flexibility index (Phi) is 3.85. The molecule has 2 aromatic carbocycles. The van der Waals surface area contributed by atoms with E-state index in [4.69, 9.17) is 27.9 Å². The second-order valence-electron chi connectivity index (χ2n) is 5.76. The van der Waals surface area contributed by atoms with Gasteiger partial charge in [0.1, 0.15) is 11.9 Å². The maximum atomic E-state index is 6.36. The summed E-state index contributed by atoms with van der Waals surface area (Å²) < 4.78 is 7.13. The summed E-state index contributed by atoms with van der Waals surface area (Å²) in [6.45, 7) is 1.98. The monoisotopic (exact) mass is 397 g/mol. The van der Waals surface area contributed by atoms with Crippen LogP contribution in [0, 0.1) is 0 Å². The number of ether oxygens (including phenoxy) is 1. The van der Waals surface area contributed by atoms with Gasteiger partial charge in [0.2, 0.25) is 0 Å². The van der Waals surface area contributed by atoms with Gasteiger partial charge in [0, 0.05) is 33.6 Å². The largest absolute Gasteiger partial charge is 0.488 e. The highest BCUT2D eigenvalue weighted by molar-refractivity contribution is 9.10. The molecule has 0 spiro atoms. The highest BCUT2D eigenvalue weighted by Crippen LogP contribution is 2.47. The van der Waals surface area contributed by atoms with Crippen molar-refractivity contribution < 1.29 is 4.74 Å². The molecule has 2 aliphatic rings. The van der Waals surface area contributed by atoms with Gasteiger partial charge in [-0.1, -0.05) is 29.3 Å². The summed E-state index contributed by atoms with van der Waals surface area (Å²) in [6, 6.07) is 9.88. The third-order valence-corrected chi connectivity index (χ3v) is 5.54. The van der Waals surface area contributed by atoms with E-state index in [1.165, 1.54) is 5.56 Å². The van der Waals surface area contributed by atoms with E-state index in [9.17, 15) is 0 Å². The van der Waals surface area contributed by atoms with E-state index < -0.39 is 0 Å². The Morgan fingerprint density at radius 3 is 2.86 bits per heavy atom. The molecule has 0 amide bonds. The van der Waals surface area contributed by atoms with E-state index >= 15 is 0 Å². The van der Waals surface area contributed by atoms with Crippen LogP contribution in [0.15, 0.2) is 34.8 Å². The summed E-state index contributed by atoms with van der Waals surface area (Å²) >= 11 is 16.0. The molecule has 1 saturated heterocycles. The lowest BCUT2D eigenvalue weighted by atomic mass is 9.89. The van der Waals surface area contributed by atoms with Crippen LogP contribution < -0.4 is 10.1 Å². The van der Waals surface area contributed by atoms with E-state index in [0.717, 1.165) is 40.9 Å². The molecule has 0 aromatic heterocycles. The van der Waals surface area contributed by atoms with E-state index in [2.05, 4.69) is 33.4 Å². The lowest BCUT2D eigenvalue weighted by molar-refractivity contribution is 0.171. The van der Waals surface area contributed by atoms with Crippen molar-refractivity contribution in [3.05, 3.63) is 50.4 Å². The standard InChI is InChI=1S/C17H14BrCl2NO/c18-14-6-9(11-2-1-10(19)7-15(11)20)5-12-13-8-21-4-3-16(13)22-17(12)14/h1-2,5-7,13,16,21H,3-4,8H2/t13-,16-/m1/s1. The van der Waals surface area contributed by atoms with Gasteiger partial charge < -0.3 is 10.1 Å². The van der Waals surface area contributed by atoms with Crippen molar-refractivity contribution in [1.82, 2.24) is 5.32 Å². The number of piperidine rings is 1. The zero-order valence-electron chi connectivity index (χ0n) is 11.7. The van der Waals surface area contributed by atoms with Crippen LogP contribution in [-0.2, 0) is 0 Å². The normalized spacial score (nSPS) is 22.9. The third-order valence-electron chi connectivity index (χ3n) is 4.40. The van der Waals surface area contributed by atoms with Gasteiger partial charge in [-0.15, -0.1) is 0 Å². The fourth-order valence-electron chi connectivity index (χ4n) is 3.33. The maximum absolute atomic E-state index is 6.36. The molecular formula is C17H14BrCl2NO. The van der Waals surface area contributed by atoms with E-state index in [-0.39, 0.29) is 6.10 Å². The molecule has 1 N–H and O–H groups in total. The average Bonchev–Trinajstić information content (AvgIpc) is 2.87. The quantitative estimate of drug-likeness (QED) is 0.707. The lowest BCUT2D eigenvalue weighted by Gasteiger charge is -2.24. The third kappa shape index (κ3) is 2.44. The Hall–Kier alpha value is -0.740. The van der Waals surface area contributed by atoms with Gasteiger partial charge in [-0.2, -0.15) is 0 Å². The molecule has 0 radical (unpaired) electrons. The second-order valence-corrected chi connectivity index (χ2v) is 7.45. The Balaban J connectivity index is 1.82. The second kappa shape index (κ2) is 5.72. The first-order valence-electron chi connectivity index (χ1n) is 7.30. The number of hydrogen-bond acceptors (Lipinski definition) is 2. The van der Waals surface area contributed by atoms with Crippen molar-refractivity contribution in [3.8, 4) is 16.9 Å². The minimum atomic E-state index is 0.281. The van der Waals surface area contributed by atoms with E-state index in [1.807, 2.05) is 12.1 Å². The molecule has 0 saturated carbocycles. The first-order valence-corrected chi connectivity index (χ1v) is 8.84. The van der Waals surface area contributed by atoms with Crippen molar-refractivity contribution in [1.29, 1.82) is 0 Å². The summed E-state index contributed by atoms with van der Waals surface area (Å²) in [5, 5.41) is 4.77. The van der Waals surface area contributed by atoms with Gasteiger partial charge in [-0.25, -0.2) is 0 Å². The zero-order valence-corrected chi connectivity index (χ0v) is 14.8. The molecule has 1 fully saturated rings. The predicted octanol–water partition coefficient (Wildman–Crippen LogP) is 5.26. The zero-order chi connectivity index (χ0) is 15.3. The number of rotatable bonds is 1. The van der Waals surface area contributed by atoms with Crippen LogP contribution in [-0.4, -0.2) is 19.2 Å². The van der Waals surface area contributed by atoms with Gasteiger partial charge in [-0.05, 0) is 58.7 Å². The van der Waals surface area contributed by atoms with Gasteiger partial charge in [0.25, 0.3) is 0 Å². The van der Waals surface area contributed by atoms with Gasteiger partial charge in [0.05, 0.1) is 4.47 Å². The topological polar surface area (TPSA) is 21.3 Å². The van der Waals surface area contributed by atoms with Gasteiger partial charge in [-0.3, -0.25) is 0 Å². The Morgan fingerprint density at radius 2 is 2.05 bits per heavy atom. The Bertz CT molecular complexity index is 750. The summed E-state index contributed by atoms with van der Waals surface area (Å²) in [6.07, 6.45) is 1.33. The molecule has 4 rings (SSSR count). The van der Waals surface area contributed by atoms with Crippen molar-refractivity contribution in [2.24, 2.45) is 0 Å².